The fraction of sp³-hybridized carbons (Fsp3) is 0.357. The zero-order valence-electron chi connectivity index (χ0n) is 12.7. The summed E-state index contributed by atoms with van der Waals surface area (Å²) >= 11 is 0. The van der Waals surface area contributed by atoms with Gasteiger partial charge in [0.15, 0.2) is 0 Å². The number of nitro benzene ring substituents is 1. The minimum Gasteiger partial charge on any atom is -0.480 e. The first-order valence-electron chi connectivity index (χ1n) is 7.00. The number of carboxylic acid groups (broad SMARTS) is 1. The number of ether oxygens (including phenoxy) is 1. The highest BCUT2D eigenvalue weighted by atomic mass is 16.6. The molecular weight excluding hydrogens is 322 g/mol. The second-order valence-corrected chi connectivity index (χ2v) is 5.19. The molecule has 0 bridgehead atoms. The van der Waals surface area contributed by atoms with Crippen LogP contribution in [0.2, 0.25) is 0 Å². The molecule has 1 aliphatic rings. The van der Waals surface area contributed by atoms with Crippen LogP contribution >= 0.6 is 0 Å². The van der Waals surface area contributed by atoms with Crippen LogP contribution in [0.1, 0.15) is 18.9 Å². The molecule has 2 atom stereocenters. The third kappa shape index (κ3) is 3.77. The summed E-state index contributed by atoms with van der Waals surface area (Å²) in [5.41, 5.74) is 0.415. The van der Waals surface area contributed by atoms with Gasteiger partial charge in [-0.1, -0.05) is 0 Å². The summed E-state index contributed by atoms with van der Waals surface area (Å²) in [6.07, 6.45) is -1.62. The maximum Gasteiger partial charge on any atom is 0.412 e. The van der Waals surface area contributed by atoms with E-state index < -0.39 is 29.2 Å². The third-order valence-corrected chi connectivity index (χ3v) is 3.54. The summed E-state index contributed by atoms with van der Waals surface area (Å²) in [7, 11) is 0. The molecule has 10 nitrogen and oxygen atoms in total. The molecule has 2 amide bonds. The smallest absolute Gasteiger partial charge is 0.412 e. The lowest BCUT2D eigenvalue weighted by Gasteiger charge is -2.38. The monoisotopic (exact) mass is 337 g/mol. The van der Waals surface area contributed by atoms with E-state index >= 15 is 0 Å². The van der Waals surface area contributed by atoms with Crippen molar-refractivity contribution in [1.82, 2.24) is 10.2 Å². The summed E-state index contributed by atoms with van der Waals surface area (Å²) < 4.78 is 5.06. The van der Waals surface area contributed by atoms with Gasteiger partial charge in [0.1, 0.15) is 18.8 Å². The van der Waals surface area contributed by atoms with Crippen LogP contribution in [0.15, 0.2) is 24.3 Å². The van der Waals surface area contributed by atoms with Gasteiger partial charge in [-0.15, -0.1) is 0 Å². The van der Waals surface area contributed by atoms with Crippen molar-refractivity contribution >= 4 is 23.7 Å². The molecule has 2 rings (SSSR count). The molecule has 0 spiro atoms. The first-order valence-corrected chi connectivity index (χ1v) is 7.00. The summed E-state index contributed by atoms with van der Waals surface area (Å²) in [5, 5.41) is 22.1. The number of hydrogen-bond donors (Lipinski definition) is 2. The summed E-state index contributed by atoms with van der Waals surface area (Å²) in [6, 6.07) is 4.23. The molecule has 0 radical (unpaired) electrons. The summed E-state index contributed by atoms with van der Waals surface area (Å²) in [4.78, 5) is 45.2. The molecule has 2 N–H and O–H groups in total. The molecule has 1 aliphatic heterocycles. The Bertz CT molecular complexity index is 665. The highest BCUT2D eigenvalue weighted by molar-refractivity contribution is 5.86. The van der Waals surface area contributed by atoms with Crippen LogP contribution in [0.3, 0.4) is 0 Å². The number of amides is 2. The van der Waals surface area contributed by atoms with E-state index in [1.165, 1.54) is 31.2 Å². The van der Waals surface area contributed by atoms with Crippen molar-refractivity contribution in [1.29, 1.82) is 0 Å². The minimum atomic E-state index is -1.23. The number of carbonyl (C=O) groups excluding carboxylic acids is 2. The van der Waals surface area contributed by atoms with Crippen molar-refractivity contribution in [3.8, 4) is 0 Å². The van der Waals surface area contributed by atoms with Crippen LogP contribution < -0.4 is 5.32 Å². The van der Waals surface area contributed by atoms with E-state index in [2.05, 4.69) is 5.32 Å². The Morgan fingerprint density at radius 2 is 2.04 bits per heavy atom. The second-order valence-electron chi connectivity index (χ2n) is 5.19. The lowest BCUT2D eigenvalue weighted by atomic mass is 10.1. The number of nitrogens with one attached hydrogen (secondary N) is 1. The maximum atomic E-state index is 12.2. The molecular formula is C14H15N3O7. The van der Waals surface area contributed by atoms with Crippen molar-refractivity contribution in [2.45, 2.75) is 32.2 Å². The molecule has 1 aromatic carbocycles. The molecule has 1 saturated heterocycles. The Balaban J connectivity index is 2.00. The van der Waals surface area contributed by atoms with E-state index in [1.54, 1.807) is 0 Å². The van der Waals surface area contributed by atoms with Crippen LogP contribution in [-0.2, 0) is 20.9 Å². The average Bonchev–Trinajstić information content (AvgIpc) is 2.51. The number of β-lactam (4-membered cyclic amide) rings is 1. The quantitative estimate of drug-likeness (QED) is 0.445. The topological polar surface area (TPSA) is 139 Å². The number of aliphatic carboxylic acids is 1. The minimum absolute atomic E-state index is 0.00422. The second kappa shape index (κ2) is 6.94. The standard InChI is InChI=1S/C14H15N3O7/c1-8(13(19)20)16(11-6-12(18)15-11)14(21)24-7-9-2-4-10(5-3-9)17(22)23/h2-5,8,11H,6-7H2,1H3,(H,15,18)(H,19,20)/t8-,11+/m0/s1. The van der Waals surface area contributed by atoms with E-state index in [0.29, 0.717) is 5.56 Å². The predicted molar refractivity (Wildman–Crippen MR) is 78.8 cm³/mol. The molecule has 0 saturated carbocycles. The normalized spacial score (nSPS) is 17.2. The van der Waals surface area contributed by atoms with Gasteiger partial charge in [0.05, 0.1) is 11.3 Å². The number of rotatable bonds is 6. The van der Waals surface area contributed by atoms with E-state index in [9.17, 15) is 24.5 Å². The van der Waals surface area contributed by atoms with E-state index in [0.717, 1.165) is 4.90 Å². The lowest BCUT2D eigenvalue weighted by molar-refractivity contribution is -0.384. The Kier molecular flexibility index (Phi) is 4.97. The van der Waals surface area contributed by atoms with Gasteiger partial charge < -0.3 is 15.2 Å². The first kappa shape index (κ1) is 17.2. The number of nitrogens with zero attached hydrogens (tertiary/aromatic N) is 2. The number of hydrogen-bond acceptors (Lipinski definition) is 6. The Hall–Kier alpha value is -3.17. The predicted octanol–water partition coefficient (Wildman–Crippen LogP) is 0.853. The number of non-ortho nitro benzene ring substituents is 1. The Morgan fingerprint density at radius 3 is 2.50 bits per heavy atom. The number of nitro groups is 1. The molecule has 1 fully saturated rings. The van der Waals surface area contributed by atoms with Crippen LogP contribution in [0.4, 0.5) is 10.5 Å². The number of carbonyl (C=O) groups is 3. The van der Waals surface area contributed by atoms with E-state index in [1.807, 2.05) is 0 Å². The Labute approximate surface area is 136 Å². The zero-order chi connectivity index (χ0) is 17.9. The van der Waals surface area contributed by atoms with Crippen molar-refractivity contribution < 1.29 is 29.2 Å². The third-order valence-electron chi connectivity index (χ3n) is 3.54. The summed E-state index contributed by atoms with van der Waals surface area (Å²) in [6.45, 7) is 1.13. The van der Waals surface area contributed by atoms with Gasteiger partial charge in [-0.3, -0.25) is 19.8 Å². The van der Waals surface area contributed by atoms with Gasteiger partial charge in [0, 0.05) is 12.1 Å². The van der Waals surface area contributed by atoms with Gasteiger partial charge in [-0.2, -0.15) is 0 Å². The molecule has 0 aliphatic carbocycles. The maximum absolute atomic E-state index is 12.2. The molecule has 1 aromatic rings. The van der Waals surface area contributed by atoms with Gasteiger partial charge in [0.25, 0.3) is 5.69 Å². The van der Waals surface area contributed by atoms with Crippen LogP contribution in [0.25, 0.3) is 0 Å². The van der Waals surface area contributed by atoms with E-state index in [4.69, 9.17) is 9.84 Å². The van der Waals surface area contributed by atoms with Crippen molar-refractivity contribution in [2.24, 2.45) is 0 Å². The zero-order valence-corrected chi connectivity index (χ0v) is 12.7. The molecule has 0 aromatic heterocycles. The van der Waals surface area contributed by atoms with Gasteiger partial charge >= 0.3 is 12.1 Å². The van der Waals surface area contributed by atoms with Crippen LogP contribution in [-0.4, -0.2) is 45.1 Å². The average molecular weight is 337 g/mol. The fourth-order valence-electron chi connectivity index (χ4n) is 2.12. The van der Waals surface area contributed by atoms with Crippen molar-refractivity contribution in [3.05, 3.63) is 39.9 Å². The number of benzene rings is 1. The summed E-state index contributed by atoms with van der Waals surface area (Å²) in [5.74, 6) is -1.52. The van der Waals surface area contributed by atoms with Gasteiger partial charge in [0.2, 0.25) is 5.91 Å². The van der Waals surface area contributed by atoms with Crippen LogP contribution in [0.5, 0.6) is 0 Å². The van der Waals surface area contributed by atoms with Gasteiger partial charge in [-0.25, -0.2) is 9.59 Å². The highest BCUT2D eigenvalue weighted by Crippen LogP contribution is 2.17. The first-order chi connectivity index (χ1) is 11.3. The number of carboxylic acids is 1. The van der Waals surface area contributed by atoms with Crippen molar-refractivity contribution in [2.75, 3.05) is 0 Å². The van der Waals surface area contributed by atoms with Crippen LogP contribution in [0, 0.1) is 10.1 Å². The SMILES string of the molecule is C[C@@H](C(=O)O)N(C(=O)OCc1ccc([N+](=O)[O-])cc1)[C@@H]1CC(=O)N1. The molecule has 1 heterocycles. The van der Waals surface area contributed by atoms with E-state index in [-0.39, 0.29) is 24.6 Å². The largest absolute Gasteiger partial charge is 0.480 e. The molecule has 10 heteroatoms. The van der Waals surface area contributed by atoms with Crippen molar-refractivity contribution in [3.63, 3.8) is 0 Å². The highest BCUT2D eigenvalue weighted by Gasteiger charge is 2.40. The fourth-order valence-corrected chi connectivity index (χ4v) is 2.12. The molecule has 24 heavy (non-hydrogen) atoms. The Morgan fingerprint density at radius 1 is 1.46 bits per heavy atom. The van der Waals surface area contributed by atoms with Gasteiger partial charge in [-0.05, 0) is 24.6 Å². The molecule has 0 unspecified atom stereocenters. The lowest BCUT2D eigenvalue weighted by Crippen LogP contribution is -2.63. The molecule has 128 valence electrons.